The van der Waals surface area contributed by atoms with Crippen LogP contribution in [0.15, 0.2) is 40.1 Å². The minimum absolute atomic E-state index is 0.251. The Kier molecular flexibility index (Phi) is 4.82. The van der Waals surface area contributed by atoms with Crippen molar-refractivity contribution >= 4 is 33.4 Å². The second kappa shape index (κ2) is 6.89. The van der Waals surface area contributed by atoms with Crippen LogP contribution in [-0.4, -0.2) is 34.9 Å². The van der Waals surface area contributed by atoms with E-state index in [1.54, 1.807) is 6.20 Å². The third-order valence-electron chi connectivity index (χ3n) is 3.81. The maximum absolute atomic E-state index is 12.4. The SMILES string of the molecule is Cc1cnc(C(=O)Nc2cc(Br)cc(C3(C)COCC(N)=N3)c2)cn1. The second-order valence-corrected chi connectivity index (χ2v) is 7.01. The standard InChI is InChI=1S/C17H18BrN5O2/c1-10-6-21-14(7-20-10)16(24)22-13-4-11(3-12(18)5-13)17(2)9-25-8-15(19)23-17/h3-7H,8-9H2,1-2H3,(H2,19,23)(H,22,24). The molecule has 1 aliphatic heterocycles. The number of amidine groups is 1. The molecule has 0 saturated heterocycles. The first kappa shape index (κ1) is 17.5. The zero-order chi connectivity index (χ0) is 18.0. The minimum Gasteiger partial charge on any atom is -0.386 e. The first-order valence-corrected chi connectivity index (χ1v) is 8.48. The van der Waals surface area contributed by atoms with Crippen LogP contribution in [0.25, 0.3) is 0 Å². The molecule has 130 valence electrons. The number of benzene rings is 1. The van der Waals surface area contributed by atoms with Gasteiger partial charge in [-0.05, 0) is 37.6 Å². The molecule has 0 radical (unpaired) electrons. The summed E-state index contributed by atoms with van der Waals surface area (Å²) in [5.74, 6) is 0.124. The molecule has 25 heavy (non-hydrogen) atoms. The van der Waals surface area contributed by atoms with Crippen LogP contribution in [0.4, 0.5) is 5.69 Å². The van der Waals surface area contributed by atoms with Crippen molar-refractivity contribution < 1.29 is 9.53 Å². The van der Waals surface area contributed by atoms with E-state index >= 15 is 0 Å². The number of hydrogen-bond donors (Lipinski definition) is 2. The van der Waals surface area contributed by atoms with Gasteiger partial charge in [-0.25, -0.2) is 4.98 Å². The number of aliphatic imine (C=N–C) groups is 1. The molecule has 3 rings (SSSR count). The lowest BCUT2D eigenvalue weighted by atomic mass is 9.92. The first-order chi connectivity index (χ1) is 11.9. The Morgan fingerprint density at radius 2 is 2.12 bits per heavy atom. The molecule has 1 aliphatic rings. The number of nitrogens with one attached hydrogen (secondary N) is 1. The van der Waals surface area contributed by atoms with E-state index in [-0.39, 0.29) is 11.6 Å². The molecule has 0 aliphatic carbocycles. The van der Waals surface area contributed by atoms with Crippen LogP contribution in [0, 0.1) is 6.92 Å². The molecule has 2 aromatic rings. The van der Waals surface area contributed by atoms with Crippen molar-refractivity contribution in [1.82, 2.24) is 9.97 Å². The molecule has 0 saturated carbocycles. The normalized spacial score (nSPS) is 20.0. The number of amides is 1. The molecule has 1 aromatic heterocycles. The molecule has 1 unspecified atom stereocenters. The Hall–Kier alpha value is -2.32. The monoisotopic (exact) mass is 403 g/mol. The second-order valence-electron chi connectivity index (χ2n) is 6.10. The summed E-state index contributed by atoms with van der Waals surface area (Å²) in [6.07, 6.45) is 3.00. The Balaban J connectivity index is 1.88. The van der Waals surface area contributed by atoms with Gasteiger partial charge in [0.25, 0.3) is 5.91 Å². The van der Waals surface area contributed by atoms with Crippen molar-refractivity contribution in [3.8, 4) is 0 Å². The summed E-state index contributed by atoms with van der Waals surface area (Å²) in [7, 11) is 0. The number of carbonyl (C=O) groups excluding carboxylic acids is 1. The zero-order valence-corrected chi connectivity index (χ0v) is 15.5. The first-order valence-electron chi connectivity index (χ1n) is 7.69. The molecular formula is C17H18BrN5O2. The predicted octanol–water partition coefficient (Wildman–Crippen LogP) is 2.40. The largest absolute Gasteiger partial charge is 0.386 e. The van der Waals surface area contributed by atoms with Gasteiger partial charge in [-0.3, -0.25) is 14.8 Å². The molecule has 7 nitrogen and oxygen atoms in total. The number of aryl methyl sites for hydroxylation is 1. The van der Waals surface area contributed by atoms with Gasteiger partial charge in [0.2, 0.25) is 0 Å². The molecule has 0 spiro atoms. The smallest absolute Gasteiger partial charge is 0.275 e. The Morgan fingerprint density at radius 1 is 1.32 bits per heavy atom. The minimum atomic E-state index is -0.602. The van der Waals surface area contributed by atoms with Crippen LogP contribution in [-0.2, 0) is 10.3 Å². The number of halogens is 1. The highest BCUT2D eigenvalue weighted by atomic mass is 79.9. The summed E-state index contributed by atoms with van der Waals surface area (Å²) in [5.41, 5.74) is 7.73. The van der Waals surface area contributed by atoms with E-state index in [1.807, 2.05) is 32.0 Å². The summed E-state index contributed by atoms with van der Waals surface area (Å²) in [6.45, 7) is 4.51. The third kappa shape index (κ3) is 4.02. The number of rotatable bonds is 3. The van der Waals surface area contributed by atoms with Gasteiger partial charge in [0.05, 0.1) is 18.5 Å². The topological polar surface area (TPSA) is 102 Å². The van der Waals surface area contributed by atoms with Gasteiger partial charge in [0.15, 0.2) is 0 Å². The highest BCUT2D eigenvalue weighted by Crippen LogP contribution is 2.32. The van der Waals surface area contributed by atoms with Gasteiger partial charge in [-0.1, -0.05) is 15.9 Å². The molecule has 0 bridgehead atoms. The number of aromatic nitrogens is 2. The van der Waals surface area contributed by atoms with Gasteiger partial charge in [0.1, 0.15) is 23.7 Å². The Labute approximate surface area is 153 Å². The molecule has 8 heteroatoms. The summed E-state index contributed by atoms with van der Waals surface area (Å²) in [5, 5.41) is 2.83. The fourth-order valence-electron chi connectivity index (χ4n) is 2.56. The van der Waals surface area contributed by atoms with E-state index in [4.69, 9.17) is 10.5 Å². The van der Waals surface area contributed by atoms with Crippen molar-refractivity contribution in [1.29, 1.82) is 0 Å². The number of nitrogens with zero attached hydrogens (tertiary/aromatic N) is 3. The number of anilines is 1. The lowest BCUT2D eigenvalue weighted by molar-refractivity contribution is 0.102. The number of carbonyl (C=O) groups is 1. The van der Waals surface area contributed by atoms with Crippen molar-refractivity contribution in [3.05, 3.63) is 52.0 Å². The van der Waals surface area contributed by atoms with Crippen LogP contribution < -0.4 is 11.1 Å². The summed E-state index contributed by atoms with van der Waals surface area (Å²) >= 11 is 3.47. The van der Waals surface area contributed by atoms with E-state index in [9.17, 15) is 4.79 Å². The fourth-order valence-corrected chi connectivity index (χ4v) is 3.05. The summed E-state index contributed by atoms with van der Waals surface area (Å²) in [6, 6.07) is 5.60. The van der Waals surface area contributed by atoms with E-state index in [2.05, 4.69) is 36.2 Å². The number of nitrogens with two attached hydrogens (primary N) is 1. The van der Waals surface area contributed by atoms with Crippen molar-refractivity contribution in [2.45, 2.75) is 19.4 Å². The molecule has 1 amide bonds. The number of hydrogen-bond acceptors (Lipinski definition) is 6. The molecule has 1 aromatic carbocycles. The Morgan fingerprint density at radius 3 is 2.80 bits per heavy atom. The van der Waals surface area contributed by atoms with E-state index in [0.29, 0.717) is 24.7 Å². The van der Waals surface area contributed by atoms with Crippen molar-refractivity contribution in [3.63, 3.8) is 0 Å². The molecule has 1 atom stereocenters. The quantitative estimate of drug-likeness (QED) is 0.818. The van der Waals surface area contributed by atoms with E-state index in [1.165, 1.54) is 6.20 Å². The van der Waals surface area contributed by atoms with Crippen LogP contribution in [0.5, 0.6) is 0 Å². The lowest BCUT2D eigenvalue weighted by Crippen LogP contribution is -2.37. The van der Waals surface area contributed by atoms with Gasteiger partial charge in [-0.15, -0.1) is 0 Å². The van der Waals surface area contributed by atoms with Gasteiger partial charge in [0, 0.05) is 16.4 Å². The highest BCUT2D eigenvalue weighted by molar-refractivity contribution is 9.10. The molecule has 3 N–H and O–H groups in total. The van der Waals surface area contributed by atoms with Crippen molar-refractivity contribution in [2.75, 3.05) is 18.5 Å². The van der Waals surface area contributed by atoms with Crippen LogP contribution >= 0.6 is 15.9 Å². The van der Waals surface area contributed by atoms with Crippen LogP contribution in [0.1, 0.15) is 28.7 Å². The fraction of sp³-hybridized carbons (Fsp3) is 0.294. The average molecular weight is 404 g/mol. The lowest BCUT2D eigenvalue weighted by Gasteiger charge is -2.30. The average Bonchev–Trinajstić information content (AvgIpc) is 2.54. The predicted molar refractivity (Wildman–Crippen MR) is 98.7 cm³/mol. The maximum atomic E-state index is 12.4. The van der Waals surface area contributed by atoms with E-state index < -0.39 is 5.54 Å². The van der Waals surface area contributed by atoms with Crippen LogP contribution in [0.2, 0.25) is 0 Å². The highest BCUT2D eigenvalue weighted by Gasteiger charge is 2.30. The maximum Gasteiger partial charge on any atom is 0.275 e. The van der Waals surface area contributed by atoms with Gasteiger partial charge >= 0.3 is 0 Å². The molecule has 0 fully saturated rings. The molecule has 2 heterocycles. The zero-order valence-electron chi connectivity index (χ0n) is 13.9. The van der Waals surface area contributed by atoms with Crippen LogP contribution in [0.3, 0.4) is 0 Å². The summed E-state index contributed by atoms with van der Waals surface area (Å²) in [4.78, 5) is 25.1. The Bertz CT molecular complexity index is 837. The number of ether oxygens (including phenoxy) is 1. The van der Waals surface area contributed by atoms with Gasteiger partial charge < -0.3 is 15.8 Å². The summed E-state index contributed by atoms with van der Waals surface area (Å²) < 4.78 is 6.33. The third-order valence-corrected chi connectivity index (χ3v) is 4.27. The molecular weight excluding hydrogens is 386 g/mol. The van der Waals surface area contributed by atoms with E-state index in [0.717, 1.165) is 15.7 Å². The van der Waals surface area contributed by atoms with Gasteiger partial charge in [-0.2, -0.15) is 0 Å². The van der Waals surface area contributed by atoms with Crippen molar-refractivity contribution in [2.24, 2.45) is 10.7 Å².